The van der Waals surface area contributed by atoms with Gasteiger partial charge in [-0.05, 0) is 45.8 Å². The Balaban J connectivity index is 1.84. The number of thiazole rings is 1. The van der Waals surface area contributed by atoms with Gasteiger partial charge in [-0.1, -0.05) is 17.4 Å². The topological polar surface area (TPSA) is 82.8 Å². The number of ether oxygens (including phenoxy) is 2. The maximum atomic E-state index is 12.8. The molecule has 3 heterocycles. The van der Waals surface area contributed by atoms with Crippen LogP contribution in [-0.4, -0.2) is 27.4 Å². The number of rotatable bonds is 3. The Morgan fingerprint density at radius 3 is 2.85 bits per heavy atom. The second kappa shape index (κ2) is 6.75. The summed E-state index contributed by atoms with van der Waals surface area (Å²) < 4.78 is 13.2. The van der Waals surface area contributed by atoms with E-state index in [0.29, 0.717) is 32.2 Å². The minimum Gasteiger partial charge on any atom is -0.493 e. The molecule has 0 radical (unpaired) electrons. The third-order valence-corrected chi connectivity index (χ3v) is 5.19. The molecule has 4 aromatic rings. The summed E-state index contributed by atoms with van der Waals surface area (Å²) in [6.45, 7) is 1.32. The maximum Gasteiger partial charge on any atom is 0.308 e. The highest BCUT2D eigenvalue weighted by molar-refractivity contribution is 9.10. The minimum atomic E-state index is -0.433. The van der Waals surface area contributed by atoms with Crippen molar-refractivity contribution >= 4 is 55.4 Å². The molecule has 0 saturated carbocycles. The third kappa shape index (κ3) is 3.19. The van der Waals surface area contributed by atoms with Gasteiger partial charge in [0.1, 0.15) is 5.52 Å². The standard InChI is InChI=1S/C18H12BrN3O4S/c1-9(23)26-13-4-3-10(5-14(13)25-2)6-15-17(24)22-16-12(21-18(22)27-15)7-11(19)8-20-16/h3-8H,1-2H3/b15-6-. The van der Waals surface area contributed by atoms with Crippen LogP contribution in [0.4, 0.5) is 0 Å². The van der Waals surface area contributed by atoms with Crippen molar-refractivity contribution in [1.29, 1.82) is 0 Å². The van der Waals surface area contributed by atoms with E-state index in [2.05, 4.69) is 25.9 Å². The Morgan fingerprint density at radius 1 is 1.30 bits per heavy atom. The van der Waals surface area contributed by atoms with E-state index in [1.54, 1.807) is 30.5 Å². The van der Waals surface area contributed by atoms with Crippen molar-refractivity contribution in [2.75, 3.05) is 7.11 Å². The summed E-state index contributed by atoms with van der Waals surface area (Å²) in [6, 6.07) is 6.90. The van der Waals surface area contributed by atoms with Crippen LogP contribution in [0.25, 0.3) is 22.2 Å². The Labute approximate surface area is 165 Å². The monoisotopic (exact) mass is 445 g/mol. The zero-order valence-electron chi connectivity index (χ0n) is 14.2. The zero-order valence-corrected chi connectivity index (χ0v) is 16.6. The number of hydrogen-bond acceptors (Lipinski definition) is 7. The number of carbonyl (C=O) groups is 1. The van der Waals surface area contributed by atoms with E-state index in [-0.39, 0.29) is 5.56 Å². The van der Waals surface area contributed by atoms with Crippen LogP contribution in [0.5, 0.6) is 11.5 Å². The number of halogens is 1. The van der Waals surface area contributed by atoms with Crippen LogP contribution in [0.1, 0.15) is 12.5 Å². The average Bonchev–Trinajstić information content (AvgIpc) is 3.11. The number of methoxy groups -OCH3 is 1. The van der Waals surface area contributed by atoms with Crippen LogP contribution in [0.3, 0.4) is 0 Å². The fourth-order valence-corrected chi connectivity index (χ4v) is 3.97. The lowest BCUT2D eigenvalue weighted by Gasteiger charge is -2.08. The van der Waals surface area contributed by atoms with Crippen LogP contribution in [0, 0.1) is 0 Å². The number of benzene rings is 1. The van der Waals surface area contributed by atoms with Crippen molar-refractivity contribution in [3.8, 4) is 11.5 Å². The summed E-state index contributed by atoms with van der Waals surface area (Å²) in [5.41, 5.74) is 1.74. The molecule has 7 nitrogen and oxygen atoms in total. The summed E-state index contributed by atoms with van der Waals surface area (Å²) in [6.07, 6.45) is 3.38. The molecule has 0 atom stereocenters. The van der Waals surface area contributed by atoms with Crippen LogP contribution in [0.2, 0.25) is 0 Å². The van der Waals surface area contributed by atoms with Gasteiger partial charge in [0.05, 0.1) is 11.6 Å². The van der Waals surface area contributed by atoms with Gasteiger partial charge in [-0.15, -0.1) is 0 Å². The molecule has 0 aliphatic heterocycles. The Kier molecular flexibility index (Phi) is 4.40. The van der Waals surface area contributed by atoms with E-state index < -0.39 is 5.97 Å². The van der Waals surface area contributed by atoms with Gasteiger partial charge in [-0.25, -0.2) is 14.4 Å². The number of carbonyl (C=O) groups excluding carboxylic acids is 1. The second-order valence-electron chi connectivity index (χ2n) is 5.65. The van der Waals surface area contributed by atoms with Crippen molar-refractivity contribution in [1.82, 2.24) is 14.4 Å². The quantitative estimate of drug-likeness (QED) is 0.356. The van der Waals surface area contributed by atoms with Gasteiger partial charge in [0.25, 0.3) is 5.56 Å². The van der Waals surface area contributed by atoms with Gasteiger partial charge >= 0.3 is 5.97 Å². The van der Waals surface area contributed by atoms with E-state index in [0.717, 1.165) is 10.0 Å². The number of fused-ring (bicyclic) bond motifs is 3. The second-order valence-corrected chi connectivity index (χ2v) is 7.57. The Bertz CT molecular complexity index is 1310. The molecular formula is C18H12BrN3O4S. The van der Waals surface area contributed by atoms with E-state index in [4.69, 9.17) is 9.47 Å². The normalized spacial score (nSPS) is 12.0. The molecule has 0 amide bonds. The molecule has 0 aliphatic rings. The van der Waals surface area contributed by atoms with Crippen LogP contribution in [-0.2, 0) is 4.79 Å². The predicted octanol–water partition coefficient (Wildman–Crippen LogP) is 2.55. The van der Waals surface area contributed by atoms with Gasteiger partial charge in [-0.3, -0.25) is 9.59 Å². The Hall–Kier alpha value is -2.78. The summed E-state index contributed by atoms with van der Waals surface area (Å²) in [5.74, 6) is 0.299. The van der Waals surface area contributed by atoms with E-state index in [1.165, 1.54) is 29.8 Å². The molecule has 0 spiro atoms. The van der Waals surface area contributed by atoms with Crippen molar-refractivity contribution in [2.24, 2.45) is 0 Å². The van der Waals surface area contributed by atoms with Crippen LogP contribution in [0.15, 0.2) is 39.7 Å². The average molecular weight is 446 g/mol. The van der Waals surface area contributed by atoms with Crippen molar-refractivity contribution in [3.63, 3.8) is 0 Å². The highest BCUT2D eigenvalue weighted by atomic mass is 79.9. The lowest BCUT2D eigenvalue weighted by molar-refractivity contribution is -0.132. The maximum absolute atomic E-state index is 12.8. The fraction of sp³-hybridized carbons (Fsp3) is 0.111. The van der Waals surface area contributed by atoms with E-state index in [1.807, 2.05) is 6.07 Å². The number of pyridine rings is 1. The van der Waals surface area contributed by atoms with Gasteiger partial charge in [0.15, 0.2) is 22.1 Å². The SMILES string of the molecule is COc1cc(/C=c2\sc3nc4cc(Br)cnc4n3c2=O)ccc1OC(C)=O. The first kappa shape index (κ1) is 17.6. The highest BCUT2D eigenvalue weighted by Gasteiger charge is 2.13. The van der Waals surface area contributed by atoms with Crippen molar-refractivity contribution in [3.05, 3.63) is 55.4 Å². The molecule has 0 N–H and O–H groups in total. The first-order chi connectivity index (χ1) is 13.0. The first-order valence-corrected chi connectivity index (χ1v) is 9.42. The molecule has 1 aromatic carbocycles. The molecule has 9 heteroatoms. The molecule has 0 unspecified atom stereocenters. The van der Waals surface area contributed by atoms with E-state index >= 15 is 0 Å². The summed E-state index contributed by atoms with van der Waals surface area (Å²) in [4.78, 5) is 33.3. The molecule has 4 rings (SSSR count). The summed E-state index contributed by atoms with van der Waals surface area (Å²) >= 11 is 4.63. The lowest BCUT2D eigenvalue weighted by atomic mass is 10.2. The minimum absolute atomic E-state index is 0.185. The molecule has 0 saturated heterocycles. The third-order valence-electron chi connectivity index (χ3n) is 3.79. The lowest BCUT2D eigenvalue weighted by Crippen LogP contribution is -2.22. The number of esters is 1. The molecule has 27 heavy (non-hydrogen) atoms. The fourth-order valence-electron chi connectivity index (χ4n) is 2.68. The smallest absolute Gasteiger partial charge is 0.308 e. The first-order valence-electron chi connectivity index (χ1n) is 7.81. The number of imidazole rings is 1. The van der Waals surface area contributed by atoms with Gasteiger partial charge in [0, 0.05) is 17.6 Å². The largest absolute Gasteiger partial charge is 0.493 e. The molecule has 136 valence electrons. The number of nitrogens with zero attached hydrogens (tertiary/aromatic N) is 3. The summed E-state index contributed by atoms with van der Waals surface area (Å²) in [5, 5.41) is 0. The van der Waals surface area contributed by atoms with E-state index in [9.17, 15) is 9.59 Å². The molecule has 3 aromatic heterocycles. The van der Waals surface area contributed by atoms with Gasteiger partial charge < -0.3 is 9.47 Å². The zero-order chi connectivity index (χ0) is 19.1. The molecule has 0 aliphatic carbocycles. The Morgan fingerprint density at radius 2 is 2.11 bits per heavy atom. The predicted molar refractivity (Wildman–Crippen MR) is 105 cm³/mol. The molecule has 0 bridgehead atoms. The molecular weight excluding hydrogens is 434 g/mol. The highest BCUT2D eigenvalue weighted by Crippen LogP contribution is 2.28. The van der Waals surface area contributed by atoms with Crippen LogP contribution >= 0.6 is 27.3 Å². The number of aromatic nitrogens is 3. The summed E-state index contributed by atoms with van der Waals surface area (Å²) in [7, 11) is 1.49. The van der Waals surface area contributed by atoms with Gasteiger partial charge in [-0.2, -0.15) is 0 Å². The molecule has 0 fully saturated rings. The van der Waals surface area contributed by atoms with Crippen molar-refractivity contribution < 1.29 is 14.3 Å². The van der Waals surface area contributed by atoms with Crippen LogP contribution < -0.4 is 19.6 Å². The number of hydrogen-bond donors (Lipinski definition) is 0. The van der Waals surface area contributed by atoms with Crippen molar-refractivity contribution in [2.45, 2.75) is 6.92 Å². The van der Waals surface area contributed by atoms with Gasteiger partial charge in [0.2, 0.25) is 0 Å².